The Balaban J connectivity index is 1.89. The standard InChI is InChI=1S/C13H14ClN5O/c14-10-11(17-18-12(10)15)13(20)19-7-3-5-9(19)8-4-1-2-6-16-8/h1-2,4,6,9H,3,5,7H2,(H3,15,17,18)/t9-/m0/s1. The number of nitrogens with one attached hydrogen (secondary N) is 1. The molecule has 0 spiro atoms. The van der Waals surface area contributed by atoms with Gasteiger partial charge in [-0.15, -0.1) is 0 Å². The molecule has 0 bridgehead atoms. The molecule has 2 aromatic heterocycles. The van der Waals surface area contributed by atoms with Crippen LogP contribution in [-0.2, 0) is 0 Å². The SMILES string of the molecule is Nc1n[nH]c(C(=O)N2CCC[C@H]2c2ccccn2)c1Cl. The minimum atomic E-state index is -0.188. The molecular formula is C13H14ClN5O. The normalized spacial score (nSPS) is 18.4. The van der Waals surface area contributed by atoms with Gasteiger partial charge >= 0.3 is 0 Å². The zero-order chi connectivity index (χ0) is 14.1. The van der Waals surface area contributed by atoms with Crippen LogP contribution in [0.1, 0.15) is 35.1 Å². The smallest absolute Gasteiger partial charge is 0.274 e. The van der Waals surface area contributed by atoms with E-state index >= 15 is 0 Å². The van der Waals surface area contributed by atoms with E-state index in [1.807, 2.05) is 18.2 Å². The summed E-state index contributed by atoms with van der Waals surface area (Å²) in [4.78, 5) is 18.7. The van der Waals surface area contributed by atoms with Gasteiger partial charge in [-0.1, -0.05) is 17.7 Å². The van der Waals surface area contributed by atoms with Crippen molar-refractivity contribution in [2.45, 2.75) is 18.9 Å². The van der Waals surface area contributed by atoms with Gasteiger partial charge in [0.1, 0.15) is 10.7 Å². The zero-order valence-corrected chi connectivity index (χ0v) is 11.5. The maximum atomic E-state index is 12.6. The number of hydrogen-bond acceptors (Lipinski definition) is 4. The van der Waals surface area contributed by atoms with Crippen molar-refractivity contribution in [3.8, 4) is 0 Å². The van der Waals surface area contributed by atoms with E-state index in [2.05, 4.69) is 15.2 Å². The summed E-state index contributed by atoms with van der Waals surface area (Å²) in [6.45, 7) is 0.676. The van der Waals surface area contributed by atoms with Gasteiger partial charge in [0, 0.05) is 12.7 Å². The van der Waals surface area contributed by atoms with Gasteiger partial charge in [0.25, 0.3) is 5.91 Å². The van der Waals surface area contributed by atoms with Crippen molar-refractivity contribution in [1.29, 1.82) is 0 Å². The summed E-state index contributed by atoms with van der Waals surface area (Å²) in [6.07, 6.45) is 3.57. The molecule has 3 rings (SSSR count). The lowest BCUT2D eigenvalue weighted by molar-refractivity contribution is 0.0727. The van der Waals surface area contributed by atoms with E-state index in [1.54, 1.807) is 11.1 Å². The number of halogens is 1. The Kier molecular flexibility index (Phi) is 3.31. The Hall–Kier alpha value is -2.08. The molecule has 3 heterocycles. The number of nitrogens with two attached hydrogens (primary N) is 1. The van der Waals surface area contributed by atoms with E-state index in [-0.39, 0.29) is 28.5 Å². The lowest BCUT2D eigenvalue weighted by atomic mass is 10.1. The molecule has 2 aromatic rings. The van der Waals surface area contributed by atoms with Crippen LogP contribution in [-0.4, -0.2) is 32.5 Å². The van der Waals surface area contributed by atoms with Gasteiger partial charge in [-0.25, -0.2) is 0 Å². The monoisotopic (exact) mass is 291 g/mol. The van der Waals surface area contributed by atoms with Crippen LogP contribution in [0, 0.1) is 0 Å². The third-order valence-corrected chi connectivity index (χ3v) is 3.87. The number of rotatable bonds is 2. The summed E-state index contributed by atoms with van der Waals surface area (Å²) in [5.74, 6) is -0.0454. The second-order valence-corrected chi connectivity index (χ2v) is 5.09. The van der Waals surface area contributed by atoms with E-state index < -0.39 is 0 Å². The number of hydrogen-bond donors (Lipinski definition) is 2. The molecule has 1 saturated heterocycles. The lowest BCUT2D eigenvalue weighted by Gasteiger charge is -2.23. The molecule has 1 aliphatic heterocycles. The van der Waals surface area contributed by atoms with E-state index in [0.717, 1.165) is 18.5 Å². The maximum Gasteiger partial charge on any atom is 0.274 e. The van der Waals surface area contributed by atoms with Crippen LogP contribution < -0.4 is 5.73 Å². The molecular weight excluding hydrogens is 278 g/mol. The summed E-state index contributed by atoms with van der Waals surface area (Å²) < 4.78 is 0. The molecule has 1 aliphatic rings. The van der Waals surface area contributed by atoms with Crippen LogP contribution >= 0.6 is 11.6 Å². The number of H-pyrrole nitrogens is 1. The fourth-order valence-electron chi connectivity index (χ4n) is 2.52. The first kappa shape index (κ1) is 12.9. The van der Waals surface area contributed by atoms with Gasteiger partial charge < -0.3 is 10.6 Å². The molecule has 0 radical (unpaired) electrons. The molecule has 0 aromatic carbocycles. The Morgan fingerprint density at radius 3 is 3.00 bits per heavy atom. The highest BCUT2D eigenvalue weighted by Gasteiger charge is 2.33. The fraction of sp³-hybridized carbons (Fsp3) is 0.308. The third kappa shape index (κ3) is 2.12. The van der Waals surface area contributed by atoms with Crippen molar-refractivity contribution in [3.05, 3.63) is 40.8 Å². The molecule has 0 aliphatic carbocycles. The van der Waals surface area contributed by atoms with Crippen molar-refractivity contribution in [2.24, 2.45) is 0 Å². The second-order valence-electron chi connectivity index (χ2n) is 4.71. The van der Waals surface area contributed by atoms with E-state index in [9.17, 15) is 4.79 Å². The van der Waals surface area contributed by atoms with Crippen molar-refractivity contribution in [2.75, 3.05) is 12.3 Å². The second kappa shape index (κ2) is 5.13. The molecule has 1 fully saturated rings. The maximum absolute atomic E-state index is 12.6. The first-order valence-electron chi connectivity index (χ1n) is 6.39. The van der Waals surface area contributed by atoms with Gasteiger partial charge in [0.05, 0.1) is 11.7 Å². The minimum absolute atomic E-state index is 0.0238. The molecule has 3 N–H and O–H groups in total. The Bertz CT molecular complexity index is 627. The van der Waals surface area contributed by atoms with Gasteiger partial charge in [-0.3, -0.25) is 14.9 Å². The number of nitrogens with zero attached hydrogens (tertiary/aromatic N) is 3. The molecule has 0 unspecified atom stereocenters. The predicted octanol–water partition coefficient (Wildman–Crippen LogP) is 2.02. The van der Waals surface area contributed by atoms with Crippen molar-refractivity contribution in [1.82, 2.24) is 20.1 Å². The molecule has 6 nitrogen and oxygen atoms in total. The largest absolute Gasteiger partial charge is 0.381 e. The quantitative estimate of drug-likeness (QED) is 0.886. The highest BCUT2D eigenvalue weighted by atomic mass is 35.5. The summed E-state index contributed by atoms with van der Waals surface area (Å²) in [5.41, 5.74) is 6.70. The average molecular weight is 292 g/mol. The van der Waals surface area contributed by atoms with Gasteiger partial charge in [0.2, 0.25) is 0 Å². The van der Waals surface area contributed by atoms with Crippen LogP contribution in [0.3, 0.4) is 0 Å². The highest BCUT2D eigenvalue weighted by molar-refractivity contribution is 6.35. The number of carbonyl (C=O) groups is 1. The van der Waals surface area contributed by atoms with Crippen LogP contribution in [0.25, 0.3) is 0 Å². The number of likely N-dealkylation sites (tertiary alicyclic amines) is 1. The number of pyridine rings is 1. The summed E-state index contributed by atoms with van der Waals surface area (Å²) in [7, 11) is 0. The third-order valence-electron chi connectivity index (χ3n) is 3.49. The molecule has 20 heavy (non-hydrogen) atoms. The molecule has 104 valence electrons. The molecule has 7 heteroatoms. The van der Waals surface area contributed by atoms with E-state index in [1.165, 1.54) is 0 Å². The van der Waals surface area contributed by atoms with Crippen molar-refractivity contribution < 1.29 is 4.79 Å². The van der Waals surface area contributed by atoms with Gasteiger partial charge in [-0.05, 0) is 25.0 Å². The number of aromatic amines is 1. The van der Waals surface area contributed by atoms with Crippen LogP contribution in [0.4, 0.5) is 5.82 Å². The summed E-state index contributed by atoms with van der Waals surface area (Å²) in [5, 5.41) is 6.55. The Labute approximate surface area is 120 Å². The summed E-state index contributed by atoms with van der Waals surface area (Å²) in [6, 6.07) is 5.69. The number of aromatic nitrogens is 3. The Morgan fingerprint density at radius 1 is 1.50 bits per heavy atom. The first-order valence-corrected chi connectivity index (χ1v) is 6.77. The predicted molar refractivity (Wildman–Crippen MR) is 75.3 cm³/mol. The number of anilines is 1. The van der Waals surface area contributed by atoms with Crippen LogP contribution in [0.15, 0.2) is 24.4 Å². The van der Waals surface area contributed by atoms with Crippen molar-refractivity contribution in [3.63, 3.8) is 0 Å². The topological polar surface area (TPSA) is 87.9 Å². The Morgan fingerprint density at radius 2 is 2.35 bits per heavy atom. The minimum Gasteiger partial charge on any atom is -0.381 e. The van der Waals surface area contributed by atoms with E-state index in [4.69, 9.17) is 17.3 Å². The number of carbonyl (C=O) groups excluding carboxylic acids is 1. The highest BCUT2D eigenvalue weighted by Crippen LogP contribution is 2.33. The van der Waals surface area contributed by atoms with Gasteiger partial charge in [-0.2, -0.15) is 5.10 Å². The van der Waals surface area contributed by atoms with E-state index in [0.29, 0.717) is 6.54 Å². The summed E-state index contributed by atoms with van der Waals surface area (Å²) >= 11 is 5.99. The molecule has 1 amide bonds. The first-order chi connectivity index (χ1) is 9.68. The fourth-order valence-corrected chi connectivity index (χ4v) is 2.68. The van der Waals surface area contributed by atoms with Crippen LogP contribution in [0.5, 0.6) is 0 Å². The average Bonchev–Trinajstić information content (AvgIpc) is 3.08. The number of amides is 1. The van der Waals surface area contributed by atoms with Gasteiger partial charge in [0.15, 0.2) is 5.82 Å². The molecule has 0 saturated carbocycles. The van der Waals surface area contributed by atoms with Crippen LogP contribution in [0.2, 0.25) is 5.02 Å². The van der Waals surface area contributed by atoms with Crippen molar-refractivity contribution >= 4 is 23.3 Å². The molecule has 1 atom stereocenters. The lowest BCUT2D eigenvalue weighted by Crippen LogP contribution is -2.31. The number of nitrogen functional groups attached to an aromatic ring is 1. The zero-order valence-electron chi connectivity index (χ0n) is 10.7.